The van der Waals surface area contributed by atoms with Crippen LogP contribution in [-0.4, -0.2) is 35.8 Å². The molecule has 6 heteroatoms. The Bertz CT molecular complexity index is 952. The molecule has 0 spiro atoms. The fraction of sp³-hybridized carbons (Fsp3) is 0.182. The highest BCUT2D eigenvalue weighted by Crippen LogP contribution is 2.26. The number of hydrogen-bond donors (Lipinski definition) is 0. The van der Waals surface area contributed by atoms with E-state index in [1.807, 2.05) is 54.6 Å². The summed E-state index contributed by atoms with van der Waals surface area (Å²) < 4.78 is 11.0. The summed E-state index contributed by atoms with van der Waals surface area (Å²) in [5, 5.41) is 0. The number of carbonyl (C=O) groups is 2. The summed E-state index contributed by atoms with van der Waals surface area (Å²) in [7, 11) is 0. The maximum atomic E-state index is 12.9. The molecule has 4 rings (SSSR count). The van der Waals surface area contributed by atoms with Crippen LogP contribution in [0.25, 0.3) is 0 Å². The number of amides is 2. The molecule has 0 aliphatic carbocycles. The molecule has 1 aromatic heterocycles. The van der Waals surface area contributed by atoms with Gasteiger partial charge in [-0.1, -0.05) is 18.2 Å². The van der Waals surface area contributed by atoms with Crippen molar-refractivity contribution in [3.8, 4) is 11.5 Å². The van der Waals surface area contributed by atoms with Gasteiger partial charge in [0.1, 0.15) is 17.5 Å². The van der Waals surface area contributed by atoms with Gasteiger partial charge >= 0.3 is 0 Å². The number of piperazine rings is 1. The molecule has 1 atom stereocenters. The lowest BCUT2D eigenvalue weighted by atomic mass is 10.1. The Morgan fingerprint density at radius 3 is 2.36 bits per heavy atom. The molecule has 6 nitrogen and oxygen atoms in total. The van der Waals surface area contributed by atoms with E-state index < -0.39 is 6.04 Å². The zero-order valence-corrected chi connectivity index (χ0v) is 15.4. The van der Waals surface area contributed by atoms with Gasteiger partial charge in [0, 0.05) is 18.8 Å². The number of rotatable bonds is 4. The second-order valence-electron chi connectivity index (χ2n) is 6.55. The van der Waals surface area contributed by atoms with Gasteiger partial charge in [-0.2, -0.15) is 0 Å². The average Bonchev–Trinajstić information content (AvgIpc) is 3.26. The van der Waals surface area contributed by atoms with Crippen LogP contribution in [0.5, 0.6) is 11.5 Å². The van der Waals surface area contributed by atoms with Crippen molar-refractivity contribution < 1.29 is 18.7 Å². The van der Waals surface area contributed by atoms with Gasteiger partial charge in [-0.25, -0.2) is 0 Å². The Morgan fingerprint density at radius 1 is 0.964 bits per heavy atom. The Morgan fingerprint density at radius 2 is 1.68 bits per heavy atom. The molecule has 0 bridgehead atoms. The Balaban J connectivity index is 1.45. The topological polar surface area (TPSA) is 63.0 Å². The zero-order valence-electron chi connectivity index (χ0n) is 15.4. The van der Waals surface area contributed by atoms with Crippen LogP contribution in [0.3, 0.4) is 0 Å². The van der Waals surface area contributed by atoms with E-state index in [1.54, 1.807) is 28.9 Å². The molecule has 1 aliphatic heterocycles. The van der Waals surface area contributed by atoms with Crippen LogP contribution in [0.4, 0.5) is 5.69 Å². The fourth-order valence-electron chi connectivity index (χ4n) is 3.26. The van der Waals surface area contributed by atoms with E-state index in [4.69, 9.17) is 9.15 Å². The Kier molecular flexibility index (Phi) is 4.85. The van der Waals surface area contributed by atoms with Gasteiger partial charge < -0.3 is 19.0 Å². The first kappa shape index (κ1) is 17.9. The lowest BCUT2D eigenvalue weighted by Crippen LogP contribution is -2.57. The number of ether oxygens (including phenoxy) is 1. The Hall–Kier alpha value is -3.54. The molecular formula is C22H20N2O4. The second-order valence-corrected chi connectivity index (χ2v) is 6.55. The number of anilines is 1. The van der Waals surface area contributed by atoms with Crippen molar-refractivity contribution in [3.05, 3.63) is 78.8 Å². The standard InChI is InChI=1S/C22H20N2O4/c1-16-21(25)24(14-13-23(16)22(26)20-8-5-15-27-20)17-9-11-19(12-10-17)28-18-6-3-2-4-7-18/h2-12,15-16H,13-14H2,1H3. The summed E-state index contributed by atoms with van der Waals surface area (Å²) >= 11 is 0. The van der Waals surface area contributed by atoms with E-state index in [0.29, 0.717) is 18.8 Å². The van der Waals surface area contributed by atoms with Crippen molar-refractivity contribution in [3.63, 3.8) is 0 Å². The fourth-order valence-corrected chi connectivity index (χ4v) is 3.26. The molecular weight excluding hydrogens is 356 g/mol. The monoisotopic (exact) mass is 376 g/mol. The smallest absolute Gasteiger partial charge is 0.290 e. The first-order valence-corrected chi connectivity index (χ1v) is 9.12. The largest absolute Gasteiger partial charge is 0.459 e. The molecule has 1 unspecified atom stereocenters. The maximum absolute atomic E-state index is 12.9. The second kappa shape index (κ2) is 7.60. The lowest BCUT2D eigenvalue weighted by molar-refractivity contribution is -0.124. The summed E-state index contributed by atoms with van der Waals surface area (Å²) in [6.45, 7) is 2.60. The lowest BCUT2D eigenvalue weighted by Gasteiger charge is -2.38. The number of carbonyl (C=O) groups excluding carboxylic acids is 2. The van der Waals surface area contributed by atoms with Gasteiger partial charge in [-0.3, -0.25) is 9.59 Å². The third-order valence-electron chi connectivity index (χ3n) is 4.78. The molecule has 2 heterocycles. The number of nitrogens with zero attached hydrogens (tertiary/aromatic N) is 2. The third-order valence-corrected chi connectivity index (χ3v) is 4.78. The maximum Gasteiger partial charge on any atom is 0.290 e. The number of para-hydroxylation sites is 1. The van der Waals surface area contributed by atoms with Gasteiger partial charge in [0.2, 0.25) is 5.91 Å². The minimum absolute atomic E-state index is 0.122. The van der Waals surface area contributed by atoms with Gasteiger partial charge in [0.25, 0.3) is 5.91 Å². The summed E-state index contributed by atoms with van der Waals surface area (Å²) in [5.74, 6) is 1.31. The first-order valence-electron chi connectivity index (χ1n) is 9.12. The molecule has 0 radical (unpaired) electrons. The van der Waals surface area contributed by atoms with E-state index in [-0.39, 0.29) is 17.6 Å². The van der Waals surface area contributed by atoms with E-state index in [2.05, 4.69) is 0 Å². The van der Waals surface area contributed by atoms with Crippen molar-refractivity contribution in [2.24, 2.45) is 0 Å². The SMILES string of the molecule is CC1C(=O)N(c2ccc(Oc3ccccc3)cc2)CCN1C(=O)c1ccco1. The van der Waals surface area contributed by atoms with Crippen molar-refractivity contribution in [2.75, 3.05) is 18.0 Å². The summed E-state index contributed by atoms with van der Waals surface area (Å²) in [5.41, 5.74) is 0.780. The summed E-state index contributed by atoms with van der Waals surface area (Å²) in [6.07, 6.45) is 1.45. The van der Waals surface area contributed by atoms with Crippen LogP contribution in [0.15, 0.2) is 77.4 Å². The number of hydrogen-bond acceptors (Lipinski definition) is 4. The van der Waals surface area contributed by atoms with Crippen LogP contribution in [0.1, 0.15) is 17.5 Å². The average molecular weight is 376 g/mol. The molecule has 0 saturated carbocycles. The van der Waals surface area contributed by atoms with Crippen molar-refractivity contribution in [2.45, 2.75) is 13.0 Å². The molecule has 28 heavy (non-hydrogen) atoms. The minimum atomic E-state index is -0.563. The predicted molar refractivity (Wildman–Crippen MR) is 105 cm³/mol. The molecule has 0 N–H and O–H groups in total. The normalized spacial score (nSPS) is 16.9. The number of benzene rings is 2. The highest BCUT2D eigenvalue weighted by atomic mass is 16.5. The predicted octanol–water partition coefficient (Wildman–Crippen LogP) is 3.95. The van der Waals surface area contributed by atoms with Crippen LogP contribution in [-0.2, 0) is 4.79 Å². The highest BCUT2D eigenvalue weighted by molar-refractivity contribution is 6.02. The molecule has 2 amide bonds. The van der Waals surface area contributed by atoms with Crippen molar-refractivity contribution in [1.82, 2.24) is 4.90 Å². The van der Waals surface area contributed by atoms with Gasteiger partial charge in [-0.15, -0.1) is 0 Å². The highest BCUT2D eigenvalue weighted by Gasteiger charge is 2.36. The van der Waals surface area contributed by atoms with Crippen LogP contribution in [0.2, 0.25) is 0 Å². The van der Waals surface area contributed by atoms with Crippen molar-refractivity contribution in [1.29, 1.82) is 0 Å². The first-order chi connectivity index (χ1) is 13.6. The van der Waals surface area contributed by atoms with Gasteiger partial charge in [0.05, 0.1) is 6.26 Å². The minimum Gasteiger partial charge on any atom is -0.459 e. The van der Waals surface area contributed by atoms with Crippen LogP contribution >= 0.6 is 0 Å². The molecule has 142 valence electrons. The molecule has 2 aromatic carbocycles. The van der Waals surface area contributed by atoms with E-state index in [9.17, 15) is 9.59 Å². The van der Waals surface area contributed by atoms with E-state index >= 15 is 0 Å². The van der Waals surface area contributed by atoms with Gasteiger partial charge in [-0.05, 0) is 55.5 Å². The van der Waals surface area contributed by atoms with Crippen LogP contribution < -0.4 is 9.64 Å². The van der Waals surface area contributed by atoms with Crippen molar-refractivity contribution >= 4 is 17.5 Å². The Labute approximate surface area is 162 Å². The van der Waals surface area contributed by atoms with E-state index in [1.165, 1.54) is 6.26 Å². The van der Waals surface area contributed by atoms with E-state index in [0.717, 1.165) is 11.4 Å². The quantitative estimate of drug-likeness (QED) is 0.692. The molecule has 1 saturated heterocycles. The third kappa shape index (κ3) is 3.49. The number of furan rings is 1. The van der Waals surface area contributed by atoms with Gasteiger partial charge in [0.15, 0.2) is 5.76 Å². The molecule has 1 fully saturated rings. The molecule has 1 aliphatic rings. The summed E-state index contributed by atoms with van der Waals surface area (Å²) in [6, 6.07) is 19.6. The van der Waals surface area contributed by atoms with Crippen LogP contribution in [0, 0.1) is 0 Å². The summed E-state index contributed by atoms with van der Waals surface area (Å²) in [4.78, 5) is 28.6. The zero-order chi connectivity index (χ0) is 19.5. The molecule has 3 aromatic rings.